The molecule has 98 valence electrons. The van der Waals surface area contributed by atoms with Crippen molar-refractivity contribution in [2.45, 2.75) is 13.0 Å². The number of nitrogens with one attached hydrogen (secondary N) is 1. The fraction of sp³-hybridized carbons (Fsp3) is 0.143. The Balaban J connectivity index is 2.13. The Hall–Kier alpha value is -1.20. The number of aromatic nitrogens is 1. The first-order chi connectivity index (χ1) is 9.06. The van der Waals surface area contributed by atoms with E-state index in [0.717, 1.165) is 14.6 Å². The number of amides is 1. The molecule has 2 aromatic rings. The molecule has 0 bridgehead atoms. The first-order valence-electron chi connectivity index (χ1n) is 5.74. The quantitative estimate of drug-likeness (QED) is 0.866. The normalized spacial score (nSPS) is 11.9. The summed E-state index contributed by atoms with van der Waals surface area (Å²) in [4.78, 5) is 16.4. The molecule has 1 heterocycles. The van der Waals surface area contributed by atoms with Crippen molar-refractivity contribution in [3.8, 4) is 0 Å². The minimum atomic E-state index is -0.133. The van der Waals surface area contributed by atoms with Gasteiger partial charge in [-0.05, 0) is 37.3 Å². The Morgan fingerprint density at radius 3 is 2.47 bits per heavy atom. The third-order valence-corrected chi connectivity index (χ3v) is 3.52. The summed E-state index contributed by atoms with van der Waals surface area (Å²) in [6.45, 7) is 1.91. The van der Waals surface area contributed by atoms with Crippen molar-refractivity contribution < 1.29 is 4.79 Å². The van der Waals surface area contributed by atoms with Crippen molar-refractivity contribution in [1.29, 1.82) is 0 Å². The number of halogens is 2. The summed E-state index contributed by atoms with van der Waals surface area (Å²) in [7, 11) is 0. The van der Waals surface area contributed by atoms with E-state index in [1.165, 1.54) is 0 Å². The smallest absolute Gasteiger partial charge is 0.251 e. The maximum atomic E-state index is 12.2. The molecule has 0 saturated heterocycles. The Kier molecular flexibility index (Phi) is 4.71. The SMILES string of the molecule is CC(NC(=O)c1cc(Br)cc(Br)c1)c1ccccn1. The number of carbonyl (C=O) groups excluding carboxylic acids is 1. The highest BCUT2D eigenvalue weighted by Crippen LogP contribution is 2.20. The van der Waals surface area contributed by atoms with Gasteiger partial charge in [0.2, 0.25) is 0 Å². The largest absolute Gasteiger partial charge is 0.344 e. The van der Waals surface area contributed by atoms with E-state index in [1.54, 1.807) is 18.3 Å². The highest BCUT2D eigenvalue weighted by Gasteiger charge is 2.13. The van der Waals surface area contributed by atoms with Crippen molar-refractivity contribution in [1.82, 2.24) is 10.3 Å². The van der Waals surface area contributed by atoms with E-state index in [2.05, 4.69) is 42.2 Å². The number of hydrogen-bond acceptors (Lipinski definition) is 2. The van der Waals surface area contributed by atoms with Crippen LogP contribution < -0.4 is 5.32 Å². The predicted molar refractivity (Wildman–Crippen MR) is 82.0 cm³/mol. The molecule has 19 heavy (non-hydrogen) atoms. The first-order valence-corrected chi connectivity index (χ1v) is 7.33. The van der Waals surface area contributed by atoms with Gasteiger partial charge in [0.1, 0.15) is 0 Å². The van der Waals surface area contributed by atoms with Gasteiger partial charge in [-0.15, -0.1) is 0 Å². The van der Waals surface area contributed by atoms with Crippen molar-refractivity contribution in [3.63, 3.8) is 0 Å². The third-order valence-electron chi connectivity index (χ3n) is 2.60. The molecule has 1 amide bonds. The second-order valence-corrected chi connectivity index (χ2v) is 5.94. The summed E-state index contributed by atoms with van der Waals surface area (Å²) in [6, 6.07) is 11.0. The predicted octanol–water partition coefficient (Wildman–Crippen LogP) is 4.10. The Labute approximate surface area is 128 Å². The summed E-state index contributed by atoms with van der Waals surface area (Å²) in [5.41, 5.74) is 1.44. The zero-order chi connectivity index (χ0) is 13.8. The van der Waals surface area contributed by atoms with Crippen LogP contribution in [0.1, 0.15) is 29.0 Å². The van der Waals surface area contributed by atoms with E-state index in [-0.39, 0.29) is 11.9 Å². The molecular weight excluding hydrogens is 372 g/mol. The number of hydrogen-bond donors (Lipinski definition) is 1. The van der Waals surface area contributed by atoms with Crippen LogP contribution in [0.25, 0.3) is 0 Å². The molecule has 5 heteroatoms. The molecule has 0 aliphatic heterocycles. The lowest BCUT2D eigenvalue weighted by atomic mass is 10.1. The van der Waals surface area contributed by atoms with Crippen LogP contribution in [0.5, 0.6) is 0 Å². The average Bonchev–Trinajstić information content (AvgIpc) is 2.38. The van der Waals surface area contributed by atoms with Crippen LogP contribution in [0.4, 0.5) is 0 Å². The minimum absolute atomic E-state index is 0.125. The lowest BCUT2D eigenvalue weighted by Gasteiger charge is -2.13. The molecule has 0 saturated carbocycles. The van der Waals surface area contributed by atoms with Crippen LogP contribution in [0, 0.1) is 0 Å². The van der Waals surface area contributed by atoms with Crippen LogP contribution in [0.3, 0.4) is 0 Å². The Morgan fingerprint density at radius 1 is 1.21 bits per heavy atom. The summed E-state index contributed by atoms with van der Waals surface area (Å²) in [5.74, 6) is -0.125. The fourth-order valence-electron chi connectivity index (χ4n) is 1.67. The van der Waals surface area contributed by atoms with Crippen LogP contribution in [-0.2, 0) is 0 Å². The van der Waals surface area contributed by atoms with Gasteiger partial charge >= 0.3 is 0 Å². The molecule has 0 aliphatic rings. The maximum Gasteiger partial charge on any atom is 0.251 e. The monoisotopic (exact) mass is 382 g/mol. The lowest BCUT2D eigenvalue weighted by Crippen LogP contribution is -2.27. The summed E-state index contributed by atoms with van der Waals surface area (Å²) in [5, 5.41) is 2.92. The minimum Gasteiger partial charge on any atom is -0.344 e. The van der Waals surface area contributed by atoms with E-state index in [4.69, 9.17) is 0 Å². The van der Waals surface area contributed by atoms with Gasteiger partial charge in [0, 0.05) is 20.7 Å². The van der Waals surface area contributed by atoms with Crippen LogP contribution in [-0.4, -0.2) is 10.9 Å². The van der Waals surface area contributed by atoms with Gasteiger partial charge in [0.05, 0.1) is 11.7 Å². The van der Waals surface area contributed by atoms with Crippen LogP contribution in [0.2, 0.25) is 0 Å². The molecule has 2 rings (SSSR count). The van der Waals surface area contributed by atoms with Gasteiger partial charge in [-0.25, -0.2) is 0 Å². The number of pyridine rings is 1. The van der Waals surface area contributed by atoms with Gasteiger partial charge in [-0.3, -0.25) is 9.78 Å². The second kappa shape index (κ2) is 6.30. The summed E-state index contributed by atoms with van der Waals surface area (Å²) in [6.07, 6.45) is 1.72. The lowest BCUT2D eigenvalue weighted by molar-refractivity contribution is 0.0939. The van der Waals surface area contributed by atoms with Crippen LogP contribution >= 0.6 is 31.9 Å². The molecule has 0 aliphatic carbocycles. The first kappa shape index (κ1) is 14.2. The number of rotatable bonds is 3. The highest BCUT2D eigenvalue weighted by molar-refractivity contribution is 9.11. The number of benzene rings is 1. The van der Waals surface area contributed by atoms with Gasteiger partial charge in [0.15, 0.2) is 0 Å². The molecule has 1 atom stereocenters. The number of carbonyl (C=O) groups is 1. The maximum absolute atomic E-state index is 12.2. The molecule has 1 aromatic carbocycles. The molecule has 3 nitrogen and oxygen atoms in total. The molecule has 1 aromatic heterocycles. The van der Waals surface area contributed by atoms with E-state index in [0.29, 0.717) is 5.56 Å². The van der Waals surface area contributed by atoms with Gasteiger partial charge in [-0.2, -0.15) is 0 Å². The Morgan fingerprint density at radius 2 is 1.89 bits per heavy atom. The van der Waals surface area contributed by atoms with Crippen LogP contribution in [0.15, 0.2) is 51.5 Å². The summed E-state index contributed by atoms with van der Waals surface area (Å²) < 4.78 is 1.72. The fourth-order valence-corrected chi connectivity index (χ4v) is 2.96. The van der Waals surface area contributed by atoms with E-state index in [9.17, 15) is 4.79 Å². The molecule has 1 N–H and O–H groups in total. The van der Waals surface area contributed by atoms with Crippen molar-refractivity contribution in [2.75, 3.05) is 0 Å². The topological polar surface area (TPSA) is 42.0 Å². The number of nitrogens with zero attached hydrogens (tertiary/aromatic N) is 1. The standard InChI is InChI=1S/C14H12Br2N2O/c1-9(13-4-2-3-5-17-13)18-14(19)10-6-11(15)8-12(16)7-10/h2-9H,1H3,(H,18,19). The van der Waals surface area contributed by atoms with E-state index < -0.39 is 0 Å². The van der Waals surface area contributed by atoms with Crippen molar-refractivity contribution in [2.24, 2.45) is 0 Å². The zero-order valence-electron chi connectivity index (χ0n) is 10.2. The molecular formula is C14H12Br2N2O. The highest BCUT2D eigenvalue weighted by atomic mass is 79.9. The molecule has 1 unspecified atom stereocenters. The van der Waals surface area contributed by atoms with E-state index >= 15 is 0 Å². The second-order valence-electron chi connectivity index (χ2n) is 4.11. The van der Waals surface area contributed by atoms with E-state index in [1.807, 2.05) is 31.2 Å². The third kappa shape index (κ3) is 3.88. The van der Waals surface area contributed by atoms with Gasteiger partial charge in [-0.1, -0.05) is 37.9 Å². The average molecular weight is 384 g/mol. The van der Waals surface area contributed by atoms with Gasteiger partial charge in [0.25, 0.3) is 5.91 Å². The van der Waals surface area contributed by atoms with Crippen molar-refractivity contribution in [3.05, 3.63) is 62.8 Å². The van der Waals surface area contributed by atoms with Gasteiger partial charge < -0.3 is 5.32 Å². The molecule has 0 fully saturated rings. The molecule has 0 radical (unpaired) electrons. The zero-order valence-corrected chi connectivity index (χ0v) is 13.4. The summed E-state index contributed by atoms with van der Waals surface area (Å²) >= 11 is 6.74. The Bertz CT molecular complexity index is 567. The molecule has 0 spiro atoms. The van der Waals surface area contributed by atoms with Crippen molar-refractivity contribution >= 4 is 37.8 Å².